The van der Waals surface area contributed by atoms with E-state index < -0.39 is 31.8 Å². The number of aromatic nitrogens is 1. The van der Waals surface area contributed by atoms with E-state index >= 15 is 0 Å². The molecule has 29 heavy (non-hydrogen) atoms. The number of alkyl halides is 3. The predicted octanol–water partition coefficient (Wildman–Crippen LogP) is 3.08. The Balaban J connectivity index is 1.64. The molecule has 1 aliphatic rings. The van der Waals surface area contributed by atoms with Gasteiger partial charge in [0.1, 0.15) is 0 Å². The summed E-state index contributed by atoms with van der Waals surface area (Å²) in [5.41, 5.74) is -6.13. The van der Waals surface area contributed by atoms with Crippen LogP contribution in [0.15, 0.2) is 40.9 Å². The number of likely N-dealkylation sites (tertiary alicyclic amines) is 1. The highest BCUT2D eigenvalue weighted by molar-refractivity contribution is 7.92. The third-order valence-electron chi connectivity index (χ3n) is 4.69. The van der Waals surface area contributed by atoms with Gasteiger partial charge in [0.25, 0.3) is 15.7 Å². The summed E-state index contributed by atoms with van der Waals surface area (Å²) in [7, 11) is -5.71. The quantitative estimate of drug-likeness (QED) is 0.736. The number of hydrogen-bond donors (Lipinski definition) is 1. The molecular weight excluding hydrogens is 427 g/mol. The number of carbonyl (C=O) groups excluding carboxylic acids is 1. The molecule has 0 saturated carbocycles. The van der Waals surface area contributed by atoms with E-state index in [1.54, 1.807) is 11.3 Å². The van der Waals surface area contributed by atoms with Crippen molar-refractivity contribution in [1.29, 1.82) is 0 Å². The fourth-order valence-corrected chi connectivity index (χ4v) is 4.92. The van der Waals surface area contributed by atoms with Gasteiger partial charge in [-0.3, -0.25) is 9.69 Å². The van der Waals surface area contributed by atoms with Crippen molar-refractivity contribution < 1.29 is 26.4 Å². The van der Waals surface area contributed by atoms with E-state index in [1.807, 2.05) is 11.4 Å². The summed E-state index contributed by atoms with van der Waals surface area (Å²) in [5, 5.41) is 3.32. The number of nitrogens with zero attached hydrogens (tertiary/aromatic N) is 2. The van der Waals surface area contributed by atoms with Crippen LogP contribution in [-0.4, -0.2) is 49.4 Å². The van der Waals surface area contributed by atoms with E-state index in [1.165, 1.54) is 10.9 Å². The molecule has 1 aliphatic heterocycles. The summed E-state index contributed by atoms with van der Waals surface area (Å²) in [4.78, 5) is 19.3. The third-order valence-corrected chi connectivity index (χ3v) is 6.99. The van der Waals surface area contributed by atoms with Gasteiger partial charge in [-0.05, 0) is 48.9 Å². The maximum Gasteiger partial charge on any atom is 0.503 e. The van der Waals surface area contributed by atoms with Crippen LogP contribution in [0.4, 0.5) is 13.2 Å². The second-order valence-electron chi connectivity index (χ2n) is 6.84. The lowest BCUT2D eigenvalue weighted by molar-refractivity contribution is -0.0438. The molecule has 0 bridgehead atoms. The van der Waals surface area contributed by atoms with Gasteiger partial charge in [0, 0.05) is 30.7 Å². The molecule has 2 aromatic heterocycles. The zero-order valence-electron chi connectivity index (χ0n) is 15.4. The molecule has 1 N–H and O–H groups in total. The number of rotatable bonds is 6. The monoisotopic (exact) mass is 447 g/mol. The molecule has 1 unspecified atom stereocenters. The molecule has 0 spiro atoms. The molecule has 1 atom stereocenters. The highest BCUT2D eigenvalue weighted by Crippen LogP contribution is 2.30. The zero-order valence-corrected chi connectivity index (χ0v) is 17.0. The van der Waals surface area contributed by atoms with E-state index in [2.05, 4.69) is 21.3 Å². The number of nitrogens with one attached hydrogen (secondary N) is 1. The molecular formula is C18H20F3N3O3S2. The van der Waals surface area contributed by atoms with Crippen molar-refractivity contribution in [3.63, 3.8) is 0 Å². The Kier molecular flexibility index (Phi) is 6.59. The number of hydrogen-bond acceptors (Lipinski definition) is 6. The van der Waals surface area contributed by atoms with Crippen LogP contribution >= 0.6 is 11.3 Å². The van der Waals surface area contributed by atoms with E-state index in [0.717, 1.165) is 44.7 Å². The zero-order chi connectivity index (χ0) is 21.1. The third kappa shape index (κ3) is 5.14. The van der Waals surface area contributed by atoms with Gasteiger partial charge in [-0.15, -0.1) is 11.3 Å². The summed E-state index contributed by atoms with van der Waals surface area (Å²) in [6.07, 6.45) is 2.74. The maximum absolute atomic E-state index is 12.9. The first-order valence-electron chi connectivity index (χ1n) is 8.98. The normalized spacial score (nSPS) is 18.5. The topological polar surface area (TPSA) is 79.4 Å². The first-order valence-corrected chi connectivity index (χ1v) is 11.3. The molecule has 3 heterocycles. The van der Waals surface area contributed by atoms with Gasteiger partial charge >= 0.3 is 5.51 Å². The molecule has 0 radical (unpaired) electrons. The first kappa shape index (κ1) is 21.7. The first-order chi connectivity index (χ1) is 13.7. The minimum Gasteiger partial charge on any atom is -0.352 e. The highest BCUT2D eigenvalue weighted by atomic mass is 32.2. The van der Waals surface area contributed by atoms with Crippen LogP contribution in [0, 0.1) is 5.92 Å². The molecule has 11 heteroatoms. The summed E-state index contributed by atoms with van der Waals surface area (Å²) in [6.45, 7) is 2.76. The van der Waals surface area contributed by atoms with Crippen LogP contribution in [0.1, 0.15) is 28.1 Å². The average Bonchev–Trinajstić information content (AvgIpc) is 3.18. The van der Waals surface area contributed by atoms with Crippen molar-refractivity contribution in [3.8, 4) is 0 Å². The smallest absolute Gasteiger partial charge is 0.352 e. The van der Waals surface area contributed by atoms with Crippen molar-refractivity contribution in [2.24, 2.45) is 5.92 Å². The van der Waals surface area contributed by atoms with Gasteiger partial charge in [0.05, 0.1) is 5.56 Å². The number of piperidine rings is 1. The number of pyridine rings is 1. The fourth-order valence-electron chi connectivity index (χ4n) is 3.30. The molecule has 0 aromatic carbocycles. The van der Waals surface area contributed by atoms with Crippen LogP contribution in [0.2, 0.25) is 0 Å². The van der Waals surface area contributed by atoms with Gasteiger partial charge in [0.15, 0.2) is 5.03 Å². The molecule has 1 fully saturated rings. The second-order valence-corrected chi connectivity index (χ2v) is 9.73. The SMILES string of the molecule is O=C(NCC1CCCN(Cc2cccs2)C1)c1cccnc1S(=O)(=O)C(F)(F)F. The Morgan fingerprint density at radius 2 is 2.10 bits per heavy atom. The largest absolute Gasteiger partial charge is 0.503 e. The molecule has 1 amide bonds. The van der Waals surface area contributed by atoms with Gasteiger partial charge in [-0.25, -0.2) is 13.4 Å². The molecule has 3 rings (SSSR count). The van der Waals surface area contributed by atoms with Crippen molar-refractivity contribution in [2.45, 2.75) is 29.9 Å². The van der Waals surface area contributed by atoms with E-state index in [-0.39, 0.29) is 12.5 Å². The number of carbonyl (C=O) groups is 1. The Morgan fingerprint density at radius 1 is 1.31 bits per heavy atom. The number of thiophene rings is 1. The van der Waals surface area contributed by atoms with Crippen LogP contribution in [-0.2, 0) is 16.4 Å². The van der Waals surface area contributed by atoms with Crippen LogP contribution in [0.5, 0.6) is 0 Å². The van der Waals surface area contributed by atoms with Crippen molar-refractivity contribution in [3.05, 3.63) is 46.3 Å². The van der Waals surface area contributed by atoms with Crippen molar-refractivity contribution >= 4 is 27.1 Å². The molecule has 6 nitrogen and oxygen atoms in total. The molecule has 158 valence electrons. The Bertz CT molecular complexity index is 947. The lowest BCUT2D eigenvalue weighted by atomic mass is 9.98. The lowest BCUT2D eigenvalue weighted by Gasteiger charge is -2.32. The predicted molar refractivity (Wildman–Crippen MR) is 102 cm³/mol. The number of halogens is 3. The summed E-state index contributed by atoms with van der Waals surface area (Å²) < 4.78 is 62.0. The van der Waals surface area contributed by atoms with Gasteiger partial charge < -0.3 is 5.32 Å². The van der Waals surface area contributed by atoms with Crippen LogP contribution in [0.25, 0.3) is 0 Å². The summed E-state index contributed by atoms with van der Waals surface area (Å²) >= 11 is 1.67. The Morgan fingerprint density at radius 3 is 2.79 bits per heavy atom. The van der Waals surface area contributed by atoms with Crippen molar-refractivity contribution in [2.75, 3.05) is 19.6 Å². The highest BCUT2D eigenvalue weighted by Gasteiger charge is 2.49. The average molecular weight is 448 g/mol. The van der Waals surface area contributed by atoms with Crippen LogP contribution in [0.3, 0.4) is 0 Å². The maximum atomic E-state index is 12.9. The number of amides is 1. The minimum atomic E-state index is -5.71. The molecule has 1 saturated heterocycles. The van der Waals surface area contributed by atoms with E-state index in [9.17, 15) is 26.4 Å². The molecule has 2 aromatic rings. The fraction of sp³-hybridized carbons (Fsp3) is 0.444. The molecule has 0 aliphatic carbocycles. The summed E-state index contributed by atoms with van der Waals surface area (Å²) in [5.74, 6) is -0.747. The standard InChI is InChI=1S/C18H20F3N3O3S2/c19-18(20,21)29(26,27)17-15(6-1-7-22-17)16(25)23-10-13-4-2-8-24(11-13)12-14-5-3-9-28-14/h1,3,5-7,9,13H,2,4,8,10-12H2,(H,23,25). The van der Waals surface area contributed by atoms with Gasteiger partial charge in [-0.1, -0.05) is 6.07 Å². The number of sulfone groups is 1. The van der Waals surface area contributed by atoms with Crippen LogP contribution < -0.4 is 5.32 Å². The minimum absolute atomic E-state index is 0.131. The van der Waals surface area contributed by atoms with Gasteiger partial charge in [0.2, 0.25) is 0 Å². The second kappa shape index (κ2) is 8.80. The van der Waals surface area contributed by atoms with Crippen molar-refractivity contribution in [1.82, 2.24) is 15.2 Å². The van der Waals surface area contributed by atoms with Gasteiger partial charge in [-0.2, -0.15) is 13.2 Å². The van der Waals surface area contributed by atoms with E-state index in [0.29, 0.717) is 0 Å². The lowest BCUT2D eigenvalue weighted by Crippen LogP contribution is -2.40. The summed E-state index contributed by atoms with van der Waals surface area (Å²) in [6, 6.07) is 6.31. The Labute approximate surface area is 170 Å². The Hall–Kier alpha value is -1.98. The van der Waals surface area contributed by atoms with E-state index in [4.69, 9.17) is 0 Å².